The maximum atomic E-state index is 13.5. The Bertz CT molecular complexity index is 1970. The third kappa shape index (κ3) is 6.41. The highest BCUT2D eigenvalue weighted by molar-refractivity contribution is 5.92. The number of benzene rings is 4. The van der Waals surface area contributed by atoms with Crippen LogP contribution in [-0.2, 0) is 5.54 Å². The maximum absolute atomic E-state index is 13.5. The molecular formula is C42H43N7O. The molecule has 0 unspecified atom stereocenters. The van der Waals surface area contributed by atoms with Gasteiger partial charge in [-0.25, -0.2) is 4.79 Å². The number of carbonyl (C=O) groups is 1. The Balaban J connectivity index is 1.33. The van der Waals surface area contributed by atoms with Gasteiger partial charge in [0.1, 0.15) is 0 Å². The minimum atomic E-state index is -0.909. The first-order chi connectivity index (χ1) is 24.2. The lowest BCUT2D eigenvalue weighted by atomic mass is 9.75. The van der Waals surface area contributed by atoms with E-state index in [4.69, 9.17) is 15.4 Å². The average Bonchev–Trinajstić information content (AvgIpc) is 3.63. The number of hydrogen-bond acceptors (Lipinski definition) is 5. The summed E-state index contributed by atoms with van der Waals surface area (Å²) in [4.78, 5) is 21.6. The van der Waals surface area contributed by atoms with Gasteiger partial charge < -0.3 is 10.2 Å². The third-order valence-electron chi connectivity index (χ3n) is 10.0. The van der Waals surface area contributed by atoms with Crippen LogP contribution in [0.2, 0.25) is 0 Å². The normalized spacial score (nSPS) is 14.0. The second-order valence-corrected chi connectivity index (χ2v) is 14.2. The minimum Gasteiger partial charge on any atom is -0.325 e. The molecule has 2 aromatic heterocycles. The van der Waals surface area contributed by atoms with Crippen molar-refractivity contribution in [2.75, 3.05) is 18.4 Å². The average molecular weight is 662 g/mol. The molecule has 7 rings (SSSR count). The lowest BCUT2D eigenvalue weighted by molar-refractivity contribution is 0.128. The Morgan fingerprint density at radius 2 is 1.32 bits per heavy atom. The number of nitrogens with zero attached hydrogens (tertiary/aromatic N) is 6. The molecule has 1 saturated heterocycles. The molecule has 6 aromatic rings. The number of piperidine rings is 1. The Hall–Kier alpha value is -5.63. The van der Waals surface area contributed by atoms with Crippen molar-refractivity contribution in [1.29, 1.82) is 0 Å². The molecule has 2 amide bonds. The maximum Gasteiger partial charge on any atom is 0.321 e. The molecule has 0 bridgehead atoms. The van der Waals surface area contributed by atoms with Gasteiger partial charge >= 0.3 is 6.03 Å². The number of likely N-dealkylation sites (tertiary alicyclic amines) is 1. The Morgan fingerprint density at radius 1 is 0.740 bits per heavy atom. The van der Waals surface area contributed by atoms with Crippen molar-refractivity contribution in [3.05, 3.63) is 150 Å². The van der Waals surface area contributed by atoms with E-state index in [0.29, 0.717) is 17.4 Å². The predicted octanol–water partition coefficient (Wildman–Crippen LogP) is 8.84. The highest BCUT2D eigenvalue weighted by atomic mass is 16.2. The molecule has 1 fully saturated rings. The summed E-state index contributed by atoms with van der Waals surface area (Å²) in [5, 5.41) is 17.9. The molecule has 3 heterocycles. The number of aromatic nitrogens is 5. The molecule has 8 nitrogen and oxygen atoms in total. The van der Waals surface area contributed by atoms with E-state index >= 15 is 0 Å². The van der Waals surface area contributed by atoms with E-state index in [9.17, 15) is 4.79 Å². The molecule has 0 spiro atoms. The van der Waals surface area contributed by atoms with Crippen LogP contribution in [0, 0.1) is 18.3 Å². The van der Waals surface area contributed by atoms with E-state index in [0.717, 1.165) is 65.0 Å². The van der Waals surface area contributed by atoms with Crippen LogP contribution in [0.4, 0.5) is 10.5 Å². The molecule has 0 aliphatic carbocycles. The number of anilines is 1. The molecule has 1 N–H and O–H groups in total. The molecule has 0 atom stereocenters. The van der Waals surface area contributed by atoms with Crippen LogP contribution in [0.25, 0.3) is 22.5 Å². The van der Waals surface area contributed by atoms with Crippen molar-refractivity contribution in [1.82, 2.24) is 30.1 Å². The number of hydrogen-bond donors (Lipinski definition) is 1. The van der Waals surface area contributed by atoms with Gasteiger partial charge in [0.2, 0.25) is 5.82 Å². The van der Waals surface area contributed by atoms with Crippen LogP contribution < -0.4 is 5.32 Å². The lowest BCUT2D eigenvalue weighted by Crippen LogP contribution is -2.43. The zero-order valence-corrected chi connectivity index (χ0v) is 29.1. The van der Waals surface area contributed by atoms with Crippen LogP contribution in [0.1, 0.15) is 56.0 Å². The number of amides is 2. The van der Waals surface area contributed by atoms with E-state index in [-0.39, 0.29) is 11.4 Å². The molecule has 50 heavy (non-hydrogen) atoms. The highest BCUT2D eigenvalue weighted by Gasteiger charge is 2.41. The van der Waals surface area contributed by atoms with Gasteiger partial charge in [0, 0.05) is 36.2 Å². The van der Waals surface area contributed by atoms with Crippen molar-refractivity contribution in [3.63, 3.8) is 0 Å². The molecule has 0 radical (unpaired) electrons. The monoisotopic (exact) mass is 661 g/mol. The van der Waals surface area contributed by atoms with Crippen molar-refractivity contribution in [2.45, 2.75) is 46.1 Å². The van der Waals surface area contributed by atoms with Crippen LogP contribution >= 0.6 is 0 Å². The Kier molecular flexibility index (Phi) is 9.02. The van der Waals surface area contributed by atoms with Crippen molar-refractivity contribution in [2.24, 2.45) is 11.3 Å². The first kappa shape index (κ1) is 32.9. The lowest BCUT2D eigenvalue weighted by Gasteiger charge is -2.38. The number of carbonyl (C=O) groups excluding carboxylic acids is 1. The quantitative estimate of drug-likeness (QED) is 0.173. The fourth-order valence-electron chi connectivity index (χ4n) is 7.27. The Morgan fingerprint density at radius 3 is 1.86 bits per heavy atom. The predicted molar refractivity (Wildman–Crippen MR) is 199 cm³/mol. The number of aryl methyl sites for hydroxylation is 1. The van der Waals surface area contributed by atoms with E-state index in [2.05, 4.69) is 67.5 Å². The summed E-state index contributed by atoms with van der Waals surface area (Å²) >= 11 is 0. The van der Waals surface area contributed by atoms with Crippen molar-refractivity contribution >= 4 is 11.7 Å². The van der Waals surface area contributed by atoms with Gasteiger partial charge in [-0.15, -0.1) is 15.0 Å². The fourth-order valence-corrected chi connectivity index (χ4v) is 7.27. The number of urea groups is 1. The molecule has 8 heteroatoms. The molecule has 0 saturated carbocycles. The zero-order chi connectivity index (χ0) is 34.7. The van der Waals surface area contributed by atoms with Gasteiger partial charge in [-0.1, -0.05) is 118 Å². The first-order valence-corrected chi connectivity index (χ1v) is 17.3. The number of tetrazole rings is 1. The summed E-state index contributed by atoms with van der Waals surface area (Å²) in [7, 11) is 0. The van der Waals surface area contributed by atoms with Crippen LogP contribution in [0.3, 0.4) is 0 Å². The van der Waals surface area contributed by atoms with Crippen LogP contribution in [0.15, 0.2) is 128 Å². The van der Waals surface area contributed by atoms with Gasteiger partial charge in [0.25, 0.3) is 0 Å². The highest BCUT2D eigenvalue weighted by Crippen LogP contribution is 2.41. The minimum absolute atomic E-state index is 0.0938. The number of rotatable bonds is 7. The largest absolute Gasteiger partial charge is 0.325 e. The van der Waals surface area contributed by atoms with E-state index in [1.54, 1.807) is 11.0 Å². The van der Waals surface area contributed by atoms with Crippen LogP contribution in [0.5, 0.6) is 0 Å². The molecular weight excluding hydrogens is 619 g/mol. The van der Waals surface area contributed by atoms with Gasteiger partial charge in [-0.3, -0.25) is 4.98 Å². The summed E-state index contributed by atoms with van der Waals surface area (Å²) in [5.74, 6) is 1.05. The van der Waals surface area contributed by atoms with Crippen LogP contribution in [-0.4, -0.2) is 49.2 Å². The first-order valence-electron chi connectivity index (χ1n) is 17.3. The third-order valence-corrected chi connectivity index (χ3v) is 10.0. The van der Waals surface area contributed by atoms with Crippen molar-refractivity contribution < 1.29 is 4.79 Å². The molecule has 1 aliphatic rings. The van der Waals surface area contributed by atoms with E-state index in [1.807, 2.05) is 96.8 Å². The topological polar surface area (TPSA) is 88.8 Å². The molecule has 4 aromatic carbocycles. The molecule has 1 aliphatic heterocycles. The van der Waals surface area contributed by atoms with Gasteiger partial charge in [-0.2, -0.15) is 0 Å². The molecule has 252 valence electrons. The SMILES string of the molecule is Cc1cc(-c2ccc(NC(=O)N3CCC(C(C)(C)C)CC3)cc2-c2nnn(C(c3ccccc3)(c3ccccc3)c3ccccc3)n2)ccn1. The van der Waals surface area contributed by atoms with Gasteiger partial charge in [-0.05, 0) is 88.4 Å². The zero-order valence-electron chi connectivity index (χ0n) is 29.1. The Labute approximate surface area is 294 Å². The number of pyridine rings is 1. The number of nitrogens with one attached hydrogen (secondary N) is 1. The summed E-state index contributed by atoms with van der Waals surface area (Å²) < 4.78 is 0. The standard InChI is InChI=1S/C42H43N7O/c1-30-28-31(22-25-43-30)37-21-20-36(44-40(50)48-26-23-32(24-27-48)41(2,3)4)29-38(37)39-45-47-49(46-39)42(33-14-8-5-9-15-33,34-16-10-6-11-17-34)35-18-12-7-13-19-35/h5-22,25,28-29,32H,23-24,26-27H2,1-4H3,(H,44,50). The second kappa shape index (κ2) is 13.7. The summed E-state index contributed by atoms with van der Waals surface area (Å²) in [6, 6.07) is 40.8. The van der Waals surface area contributed by atoms with Crippen molar-refractivity contribution in [3.8, 4) is 22.5 Å². The van der Waals surface area contributed by atoms with Gasteiger partial charge in [0.05, 0.1) is 0 Å². The van der Waals surface area contributed by atoms with Gasteiger partial charge in [0.15, 0.2) is 5.54 Å². The second-order valence-electron chi connectivity index (χ2n) is 14.2. The van der Waals surface area contributed by atoms with E-state index in [1.165, 1.54) is 0 Å². The summed E-state index contributed by atoms with van der Waals surface area (Å²) in [6.45, 7) is 10.3. The smallest absolute Gasteiger partial charge is 0.321 e. The summed E-state index contributed by atoms with van der Waals surface area (Å²) in [5.41, 5.74) is 6.57. The van der Waals surface area contributed by atoms with E-state index < -0.39 is 5.54 Å². The fraction of sp³-hybridized carbons (Fsp3) is 0.262. The summed E-state index contributed by atoms with van der Waals surface area (Å²) in [6.07, 6.45) is 3.81.